The van der Waals surface area contributed by atoms with E-state index >= 15 is 0 Å². The summed E-state index contributed by atoms with van der Waals surface area (Å²) in [4.78, 5) is 4.33. The van der Waals surface area contributed by atoms with E-state index in [1.165, 1.54) is 0 Å². The summed E-state index contributed by atoms with van der Waals surface area (Å²) in [7, 11) is 0. The maximum Gasteiger partial charge on any atom is 0.140 e. The SMILES string of the molecule is NNc1cccc(COc2cccc3ccccc23)n1. The van der Waals surface area contributed by atoms with Gasteiger partial charge in [0, 0.05) is 5.39 Å². The van der Waals surface area contributed by atoms with Crippen molar-refractivity contribution in [3.8, 4) is 5.75 Å². The maximum absolute atomic E-state index is 5.87. The van der Waals surface area contributed by atoms with E-state index in [1.54, 1.807) is 6.07 Å². The van der Waals surface area contributed by atoms with Gasteiger partial charge in [0.2, 0.25) is 0 Å². The Kier molecular flexibility index (Phi) is 3.48. The molecule has 0 aliphatic carbocycles. The fourth-order valence-electron chi connectivity index (χ4n) is 2.11. The standard InChI is InChI=1S/C16H15N3O/c17-19-16-10-4-7-13(18-16)11-20-15-9-3-6-12-5-1-2-8-14(12)15/h1-10H,11,17H2,(H,18,19). The van der Waals surface area contributed by atoms with Crippen LogP contribution in [0.5, 0.6) is 5.75 Å². The van der Waals surface area contributed by atoms with Crippen molar-refractivity contribution >= 4 is 16.6 Å². The van der Waals surface area contributed by atoms with Gasteiger partial charge >= 0.3 is 0 Å². The van der Waals surface area contributed by atoms with E-state index < -0.39 is 0 Å². The van der Waals surface area contributed by atoms with Crippen LogP contribution in [-0.4, -0.2) is 4.98 Å². The van der Waals surface area contributed by atoms with Gasteiger partial charge in [0.05, 0.1) is 5.69 Å². The second-order valence-corrected chi connectivity index (χ2v) is 4.42. The zero-order chi connectivity index (χ0) is 13.8. The summed E-state index contributed by atoms with van der Waals surface area (Å²) in [5.74, 6) is 6.83. The summed E-state index contributed by atoms with van der Waals surface area (Å²) < 4.78 is 5.87. The average Bonchev–Trinajstić information content (AvgIpc) is 2.53. The number of nitrogens with one attached hydrogen (secondary N) is 1. The van der Waals surface area contributed by atoms with Gasteiger partial charge in [-0.1, -0.05) is 42.5 Å². The normalized spacial score (nSPS) is 10.4. The highest BCUT2D eigenvalue weighted by molar-refractivity contribution is 5.88. The summed E-state index contributed by atoms with van der Waals surface area (Å²) in [6, 6.07) is 19.8. The first-order chi connectivity index (χ1) is 9.86. The van der Waals surface area contributed by atoms with E-state index in [0.717, 1.165) is 22.2 Å². The number of pyridine rings is 1. The predicted molar refractivity (Wildman–Crippen MR) is 80.3 cm³/mol. The van der Waals surface area contributed by atoms with E-state index in [0.29, 0.717) is 12.4 Å². The molecule has 0 radical (unpaired) electrons. The molecule has 1 aromatic heterocycles. The number of benzene rings is 2. The van der Waals surface area contributed by atoms with Crippen LogP contribution in [0, 0.1) is 0 Å². The van der Waals surface area contributed by atoms with E-state index in [9.17, 15) is 0 Å². The van der Waals surface area contributed by atoms with Crippen LogP contribution in [-0.2, 0) is 6.61 Å². The Morgan fingerprint density at radius 2 is 1.75 bits per heavy atom. The van der Waals surface area contributed by atoms with Crippen molar-refractivity contribution in [3.63, 3.8) is 0 Å². The molecule has 1 heterocycles. The van der Waals surface area contributed by atoms with Crippen LogP contribution in [0.2, 0.25) is 0 Å². The Balaban J connectivity index is 1.83. The number of anilines is 1. The molecular formula is C16H15N3O. The second kappa shape index (κ2) is 5.59. The highest BCUT2D eigenvalue weighted by Crippen LogP contribution is 2.25. The summed E-state index contributed by atoms with van der Waals surface area (Å²) in [5, 5.41) is 2.26. The smallest absolute Gasteiger partial charge is 0.140 e. The number of hydrogen-bond acceptors (Lipinski definition) is 4. The van der Waals surface area contributed by atoms with Crippen molar-refractivity contribution in [2.75, 3.05) is 5.43 Å². The van der Waals surface area contributed by atoms with Crippen LogP contribution < -0.4 is 16.0 Å². The molecule has 3 aromatic rings. The van der Waals surface area contributed by atoms with Gasteiger partial charge in [0.25, 0.3) is 0 Å². The number of nitrogens with two attached hydrogens (primary N) is 1. The lowest BCUT2D eigenvalue weighted by Crippen LogP contribution is -2.09. The highest BCUT2D eigenvalue weighted by atomic mass is 16.5. The molecule has 0 spiro atoms. The molecule has 100 valence electrons. The van der Waals surface area contributed by atoms with Gasteiger partial charge in [-0.2, -0.15) is 0 Å². The minimum atomic E-state index is 0.406. The van der Waals surface area contributed by atoms with Crippen molar-refractivity contribution in [1.82, 2.24) is 4.98 Å². The molecule has 0 amide bonds. The van der Waals surface area contributed by atoms with Crippen molar-refractivity contribution < 1.29 is 4.74 Å². The van der Waals surface area contributed by atoms with Gasteiger partial charge in [0.1, 0.15) is 18.2 Å². The van der Waals surface area contributed by atoms with Gasteiger partial charge in [-0.25, -0.2) is 10.8 Å². The fraction of sp³-hybridized carbons (Fsp3) is 0.0625. The molecule has 0 bridgehead atoms. The number of aromatic nitrogens is 1. The molecule has 20 heavy (non-hydrogen) atoms. The zero-order valence-electron chi connectivity index (χ0n) is 10.9. The van der Waals surface area contributed by atoms with Crippen LogP contribution in [0.25, 0.3) is 10.8 Å². The van der Waals surface area contributed by atoms with E-state index in [2.05, 4.69) is 28.6 Å². The quantitative estimate of drug-likeness (QED) is 0.562. The zero-order valence-corrected chi connectivity index (χ0v) is 10.9. The topological polar surface area (TPSA) is 60.2 Å². The number of fused-ring (bicyclic) bond motifs is 1. The molecule has 0 fully saturated rings. The summed E-state index contributed by atoms with van der Waals surface area (Å²) >= 11 is 0. The van der Waals surface area contributed by atoms with Crippen molar-refractivity contribution in [1.29, 1.82) is 0 Å². The molecule has 0 saturated heterocycles. The Bertz CT molecular complexity index is 722. The molecule has 4 nitrogen and oxygen atoms in total. The lowest BCUT2D eigenvalue weighted by molar-refractivity contribution is 0.305. The molecule has 0 atom stereocenters. The molecule has 4 heteroatoms. The first kappa shape index (κ1) is 12.4. The number of hydrazine groups is 1. The van der Waals surface area contributed by atoms with E-state index in [-0.39, 0.29) is 0 Å². The van der Waals surface area contributed by atoms with Gasteiger partial charge in [-0.15, -0.1) is 0 Å². The number of ether oxygens (including phenoxy) is 1. The van der Waals surface area contributed by atoms with Gasteiger partial charge in [-0.3, -0.25) is 0 Å². The van der Waals surface area contributed by atoms with Gasteiger partial charge < -0.3 is 10.2 Å². The average molecular weight is 265 g/mol. The number of nitrogen functional groups attached to an aromatic ring is 1. The summed E-state index contributed by atoms with van der Waals surface area (Å²) in [6.45, 7) is 0.406. The van der Waals surface area contributed by atoms with Crippen molar-refractivity contribution in [2.45, 2.75) is 6.61 Å². The fourth-order valence-corrected chi connectivity index (χ4v) is 2.11. The predicted octanol–water partition coefficient (Wildman–Crippen LogP) is 3.10. The number of rotatable bonds is 4. The van der Waals surface area contributed by atoms with Crippen LogP contribution in [0.15, 0.2) is 60.7 Å². The van der Waals surface area contributed by atoms with Crippen LogP contribution in [0.4, 0.5) is 5.82 Å². The van der Waals surface area contributed by atoms with Crippen molar-refractivity contribution in [2.24, 2.45) is 5.84 Å². The Morgan fingerprint density at radius 3 is 2.65 bits per heavy atom. The largest absolute Gasteiger partial charge is 0.487 e. The number of hydrogen-bond donors (Lipinski definition) is 2. The Hall–Kier alpha value is -2.59. The minimum Gasteiger partial charge on any atom is -0.487 e. The molecular weight excluding hydrogens is 250 g/mol. The lowest BCUT2D eigenvalue weighted by Gasteiger charge is -2.09. The third-order valence-corrected chi connectivity index (χ3v) is 3.08. The molecule has 3 N–H and O–H groups in total. The van der Waals surface area contributed by atoms with Crippen LogP contribution in [0.1, 0.15) is 5.69 Å². The van der Waals surface area contributed by atoms with Crippen LogP contribution in [0.3, 0.4) is 0 Å². The molecule has 0 unspecified atom stereocenters. The van der Waals surface area contributed by atoms with Crippen LogP contribution >= 0.6 is 0 Å². The summed E-state index contributed by atoms with van der Waals surface area (Å²) in [5.41, 5.74) is 3.36. The Labute approximate surface area is 117 Å². The first-order valence-corrected chi connectivity index (χ1v) is 6.40. The third-order valence-electron chi connectivity index (χ3n) is 3.08. The van der Waals surface area contributed by atoms with E-state index in [4.69, 9.17) is 10.6 Å². The first-order valence-electron chi connectivity index (χ1n) is 6.40. The lowest BCUT2D eigenvalue weighted by atomic mass is 10.1. The third kappa shape index (κ3) is 2.55. The second-order valence-electron chi connectivity index (χ2n) is 4.42. The summed E-state index contributed by atoms with van der Waals surface area (Å²) in [6.07, 6.45) is 0. The molecule has 0 saturated carbocycles. The minimum absolute atomic E-state index is 0.406. The molecule has 0 aliphatic heterocycles. The monoisotopic (exact) mass is 265 g/mol. The van der Waals surface area contributed by atoms with Gasteiger partial charge in [0.15, 0.2) is 0 Å². The Morgan fingerprint density at radius 1 is 0.950 bits per heavy atom. The molecule has 2 aromatic carbocycles. The van der Waals surface area contributed by atoms with Gasteiger partial charge in [-0.05, 0) is 23.6 Å². The highest BCUT2D eigenvalue weighted by Gasteiger charge is 2.03. The van der Waals surface area contributed by atoms with E-state index in [1.807, 2.05) is 36.4 Å². The molecule has 0 aliphatic rings. The maximum atomic E-state index is 5.87. The molecule has 3 rings (SSSR count). The van der Waals surface area contributed by atoms with Crippen molar-refractivity contribution in [3.05, 3.63) is 66.4 Å². The number of nitrogens with zero attached hydrogens (tertiary/aromatic N) is 1.